The van der Waals surface area contributed by atoms with Gasteiger partial charge in [0, 0.05) is 13.2 Å². The van der Waals surface area contributed by atoms with Gasteiger partial charge in [0.05, 0.1) is 11.8 Å². The van der Waals surface area contributed by atoms with E-state index in [1.807, 2.05) is 6.92 Å². The molecule has 3 unspecified atom stereocenters. The van der Waals surface area contributed by atoms with E-state index in [9.17, 15) is 9.59 Å². The lowest BCUT2D eigenvalue weighted by Gasteiger charge is -2.22. The monoisotopic (exact) mass is 253 g/mol. The molecule has 1 N–H and O–H groups in total. The fourth-order valence-electron chi connectivity index (χ4n) is 3.39. The first-order valence-corrected chi connectivity index (χ1v) is 7.04. The number of aliphatic hydroxyl groups excluding tert-OH is 1. The van der Waals surface area contributed by atoms with Gasteiger partial charge in [0.15, 0.2) is 0 Å². The average molecular weight is 253 g/mol. The summed E-state index contributed by atoms with van der Waals surface area (Å²) in [6.45, 7) is 4.77. The van der Waals surface area contributed by atoms with Crippen LogP contribution in [0.4, 0.5) is 0 Å². The number of hydrogen-bond acceptors (Lipinski definition) is 3. The van der Waals surface area contributed by atoms with Crippen LogP contribution in [0.25, 0.3) is 0 Å². The standard InChI is InChI=1S/C14H23NO3/c1-3-10(4-5-16)8-15-13(17)11-6-9(2)7-12(11)14(15)18/h9-12,16H,3-8H2,1-2H3. The van der Waals surface area contributed by atoms with Crippen LogP contribution < -0.4 is 0 Å². The highest BCUT2D eigenvalue weighted by atomic mass is 16.3. The Morgan fingerprint density at radius 1 is 1.28 bits per heavy atom. The summed E-state index contributed by atoms with van der Waals surface area (Å²) >= 11 is 0. The number of nitrogens with zero attached hydrogens (tertiary/aromatic N) is 1. The predicted octanol–water partition coefficient (Wildman–Crippen LogP) is 1.43. The molecule has 1 aliphatic carbocycles. The fourth-order valence-corrected chi connectivity index (χ4v) is 3.39. The third-order valence-electron chi connectivity index (χ3n) is 4.52. The number of likely N-dealkylation sites (tertiary alicyclic amines) is 1. The fraction of sp³-hybridized carbons (Fsp3) is 0.857. The average Bonchev–Trinajstić information content (AvgIpc) is 2.82. The summed E-state index contributed by atoms with van der Waals surface area (Å²) in [6, 6.07) is 0. The van der Waals surface area contributed by atoms with Gasteiger partial charge in [-0.3, -0.25) is 14.5 Å². The summed E-state index contributed by atoms with van der Waals surface area (Å²) in [5.74, 6) is 0.684. The number of hydrogen-bond donors (Lipinski definition) is 1. The van der Waals surface area contributed by atoms with Crippen LogP contribution in [0.5, 0.6) is 0 Å². The van der Waals surface area contributed by atoms with E-state index < -0.39 is 0 Å². The van der Waals surface area contributed by atoms with Crippen LogP contribution in [0, 0.1) is 23.7 Å². The van der Waals surface area contributed by atoms with Gasteiger partial charge >= 0.3 is 0 Å². The molecule has 4 nitrogen and oxygen atoms in total. The highest BCUT2D eigenvalue weighted by Gasteiger charge is 2.51. The smallest absolute Gasteiger partial charge is 0.233 e. The molecule has 0 bridgehead atoms. The Morgan fingerprint density at radius 3 is 2.28 bits per heavy atom. The largest absolute Gasteiger partial charge is 0.396 e. The number of rotatable bonds is 5. The van der Waals surface area contributed by atoms with E-state index in [0.29, 0.717) is 18.9 Å². The molecular weight excluding hydrogens is 230 g/mol. The lowest BCUT2D eigenvalue weighted by atomic mass is 10.00. The molecule has 2 amide bonds. The topological polar surface area (TPSA) is 57.6 Å². The maximum absolute atomic E-state index is 12.2. The minimum absolute atomic E-state index is 0.0331. The van der Waals surface area contributed by atoms with E-state index in [1.165, 1.54) is 4.90 Å². The van der Waals surface area contributed by atoms with Gasteiger partial charge in [-0.05, 0) is 31.1 Å². The van der Waals surface area contributed by atoms with Crippen molar-refractivity contribution in [3.8, 4) is 0 Å². The van der Waals surface area contributed by atoms with Gasteiger partial charge in [-0.15, -0.1) is 0 Å². The second kappa shape index (κ2) is 5.39. The van der Waals surface area contributed by atoms with E-state index in [0.717, 1.165) is 19.3 Å². The minimum Gasteiger partial charge on any atom is -0.396 e. The molecule has 1 heterocycles. The number of fused-ring (bicyclic) bond motifs is 1. The zero-order valence-electron chi connectivity index (χ0n) is 11.3. The summed E-state index contributed by atoms with van der Waals surface area (Å²) in [7, 11) is 0. The summed E-state index contributed by atoms with van der Waals surface area (Å²) in [6.07, 6.45) is 3.29. The molecule has 3 atom stereocenters. The second-order valence-electron chi connectivity index (χ2n) is 5.86. The Hall–Kier alpha value is -0.900. The molecule has 0 aromatic heterocycles. The molecule has 0 spiro atoms. The Balaban J connectivity index is 2.03. The molecule has 0 radical (unpaired) electrons. The van der Waals surface area contributed by atoms with Crippen LogP contribution in [0.3, 0.4) is 0 Å². The van der Waals surface area contributed by atoms with Gasteiger partial charge in [0.2, 0.25) is 11.8 Å². The predicted molar refractivity (Wildman–Crippen MR) is 67.6 cm³/mol. The summed E-state index contributed by atoms with van der Waals surface area (Å²) in [4.78, 5) is 25.9. The van der Waals surface area contributed by atoms with Crippen molar-refractivity contribution in [1.29, 1.82) is 0 Å². The van der Waals surface area contributed by atoms with Crippen molar-refractivity contribution in [2.45, 2.75) is 39.5 Å². The third-order valence-corrected chi connectivity index (χ3v) is 4.52. The molecule has 0 aromatic carbocycles. The maximum atomic E-state index is 12.2. The highest BCUT2D eigenvalue weighted by molar-refractivity contribution is 6.05. The first kappa shape index (κ1) is 13.5. The maximum Gasteiger partial charge on any atom is 0.233 e. The second-order valence-corrected chi connectivity index (χ2v) is 5.86. The number of carbonyl (C=O) groups is 2. The van der Waals surface area contributed by atoms with E-state index in [4.69, 9.17) is 5.11 Å². The molecule has 0 aromatic rings. The Morgan fingerprint density at radius 2 is 1.83 bits per heavy atom. The van der Waals surface area contributed by atoms with Crippen molar-refractivity contribution in [2.24, 2.45) is 23.7 Å². The van der Waals surface area contributed by atoms with Crippen molar-refractivity contribution in [1.82, 2.24) is 4.90 Å². The van der Waals surface area contributed by atoms with Gasteiger partial charge in [0.1, 0.15) is 0 Å². The van der Waals surface area contributed by atoms with Gasteiger partial charge in [0.25, 0.3) is 0 Å². The molecule has 1 aliphatic heterocycles. The first-order valence-electron chi connectivity index (χ1n) is 7.04. The molecule has 102 valence electrons. The lowest BCUT2D eigenvalue weighted by molar-refractivity contribution is -0.141. The van der Waals surface area contributed by atoms with E-state index in [2.05, 4.69) is 6.92 Å². The lowest BCUT2D eigenvalue weighted by Crippen LogP contribution is -2.36. The Labute approximate surface area is 108 Å². The molecule has 2 rings (SSSR count). The van der Waals surface area contributed by atoms with Crippen molar-refractivity contribution in [3.63, 3.8) is 0 Å². The SMILES string of the molecule is CCC(CCO)CN1C(=O)C2CC(C)CC2C1=O. The zero-order chi connectivity index (χ0) is 13.3. The Bertz CT molecular complexity index is 318. The minimum atomic E-state index is -0.0564. The van der Waals surface area contributed by atoms with Crippen LogP contribution in [0.2, 0.25) is 0 Å². The summed E-state index contributed by atoms with van der Waals surface area (Å²) in [5, 5.41) is 8.98. The quantitative estimate of drug-likeness (QED) is 0.754. The van der Waals surface area contributed by atoms with Crippen LogP contribution in [0.1, 0.15) is 39.5 Å². The first-order chi connectivity index (χ1) is 8.58. The molecule has 2 fully saturated rings. The number of amides is 2. The zero-order valence-corrected chi connectivity index (χ0v) is 11.3. The number of carbonyl (C=O) groups excluding carboxylic acids is 2. The van der Waals surface area contributed by atoms with Gasteiger partial charge in [-0.25, -0.2) is 0 Å². The van der Waals surface area contributed by atoms with Crippen molar-refractivity contribution in [3.05, 3.63) is 0 Å². The van der Waals surface area contributed by atoms with E-state index >= 15 is 0 Å². The summed E-state index contributed by atoms with van der Waals surface area (Å²) in [5.41, 5.74) is 0. The molecule has 4 heteroatoms. The van der Waals surface area contributed by atoms with Crippen LogP contribution in [-0.2, 0) is 9.59 Å². The van der Waals surface area contributed by atoms with Gasteiger partial charge in [-0.2, -0.15) is 0 Å². The van der Waals surface area contributed by atoms with Gasteiger partial charge in [-0.1, -0.05) is 20.3 Å². The number of aliphatic hydroxyl groups is 1. The Kier molecular flexibility index (Phi) is 4.05. The van der Waals surface area contributed by atoms with Gasteiger partial charge < -0.3 is 5.11 Å². The molecule has 1 saturated carbocycles. The molecule has 2 aliphatic rings. The van der Waals surface area contributed by atoms with Crippen molar-refractivity contribution >= 4 is 11.8 Å². The van der Waals surface area contributed by atoms with E-state index in [-0.39, 0.29) is 36.2 Å². The van der Waals surface area contributed by atoms with Crippen LogP contribution in [-0.4, -0.2) is 35.0 Å². The highest BCUT2D eigenvalue weighted by Crippen LogP contribution is 2.43. The summed E-state index contributed by atoms with van der Waals surface area (Å²) < 4.78 is 0. The normalized spacial score (nSPS) is 33.1. The molecular formula is C14H23NO3. The van der Waals surface area contributed by atoms with Crippen molar-refractivity contribution in [2.75, 3.05) is 13.2 Å². The van der Waals surface area contributed by atoms with Crippen molar-refractivity contribution < 1.29 is 14.7 Å². The van der Waals surface area contributed by atoms with Crippen LogP contribution in [0.15, 0.2) is 0 Å². The van der Waals surface area contributed by atoms with E-state index in [1.54, 1.807) is 0 Å². The van der Waals surface area contributed by atoms with Crippen LogP contribution >= 0.6 is 0 Å². The third kappa shape index (κ3) is 2.30. The molecule has 18 heavy (non-hydrogen) atoms. The number of imide groups is 1. The molecule has 1 saturated heterocycles.